The number of ketones is 1. The van der Waals surface area contributed by atoms with E-state index in [2.05, 4.69) is 6.92 Å². The zero-order valence-electron chi connectivity index (χ0n) is 16.6. The summed E-state index contributed by atoms with van der Waals surface area (Å²) in [5.74, 6) is 1.10. The minimum atomic E-state index is -0.263. The summed E-state index contributed by atoms with van der Waals surface area (Å²) in [6.45, 7) is 5.19. The third kappa shape index (κ3) is 3.13. The van der Waals surface area contributed by atoms with Crippen LogP contribution in [0.5, 0.6) is 0 Å². The van der Waals surface area contributed by atoms with Gasteiger partial charge in [0.1, 0.15) is 12.2 Å². The maximum atomic E-state index is 13.0. The Morgan fingerprint density at radius 3 is 2.44 bits per heavy atom. The summed E-state index contributed by atoms with van der Waals surface area (Å²) in [7, 11) is 0. The van der Waals surface area contributed by atoms with Gasteiger partial charge in [0.25, 0.3) is 0 Å². The maximum absolute atomic E-state index is 13.0. The molecule has 0 N–H and O–H groups in total. The Kier molecular flexibility index (Phi) is 4.68. The summed E-state index contributed by atoms with van der Waals surface area (Å²) in [5, 5.41) is 0. The van der Waals surface area contributed by atoms with E-state index in [1.165, 1.54) is 19.4 Å². The van der Waals surface area contributed by atoms with Gasteiger partial charge in [0.2, 0.25) is 0 Å². The second-order valence-electron chi connectivity index (χ2n) is 9.20. The molecule has 5 nitrogen and oxygen atoms in total. The molecule has 0 aliphatic heterocycles. The first-order chi connectivity index (χ1) is 12.8. The SMILES string of the molecule is CC(=O)O[C@H]1CCC2=C(C1)C(=O)C[C@@H]1[C@@H]2CC[C@]2(C)[C@@H](OC(C)=O)CC[C@@H]12. The van der Waals surface area contributed by atoms with Crippen molar-refractivity contribution in [1.82, 2.24) is 0 Å². The molecular formula is C22H30O5. The van der Waals surface area contributed by atoms with E-state index < -0.39 is 0 Å². The number of hydrogen-bond donors (Lipinski definition) is 0. The maximum Gasteiger partial charge on any atom is 0.302 e. The number of fused-ring (bicyclic) bond motifs is 4. The van der Waals surface area contributed by atoms with Gasteiger partial charge in [0.15, 0.2) is 5.78 Å². The molecule has 0 heterocycles. The van der Waals surface area contributed by atoms with Crippen LogP contribution >= 0.6 is 0 Å². The highest BCUT2D eigenvalue weighted by Gasteiger charge is 2.57. The van der Waals surface area contributed by atoms with Crippen LogP contribution in [0.1, 0.15) is 72.1 Å². The number of Topliss-reactive ketones (excluding diaryl/α,β-unsaturated/α-hetero) is 1. The number of carbonyl (C=O) groups excluding carboxylic acids is 3. The van der Waals surface area contributed by atoms with Gasteiger partial charge in [0.05, 0.1) is 0 Å². The van der Waals surface area contributed by atoms with Gasteiger partial charge in [-0.25, -0.2) is 0 Å². The number of ether oxygens (including phenoxy) is 2. The van der Waals surface area contributed by atoms with Crippen molar-refractivity contribution < 1.29 is 23.9 Å². The van der Waals surface area contributed by atoms with E-state index in [0.717, 1.165) is 44.1 Å². The first-order valence-corrected chi connectivity index (χ1v) is 10.4. The van der Waals surface area contributed by atoms with E-state index in [0.29, 0.717) is 30.6 Å². The second-order valence-corrected chi connectivity index (χ2v) is 9.20. The number of hydrogen-bond acceptors (Lipinski definition) is 5. The van der Waals surface area contributed by atoms with Crippen molar-refractivity contribution in [3.8, 4) is 0 Å². The lowest BCUT2D eigenvalue weighted by Crippen LogP contribution is -2.48. The fraction of sp³-hybridized carbons (Fsp3) is 0.773. The summed E-state index contributed by atoms with van der Waals surface area (Å²) >= 11 is 0. The van der Waals surface area contributed by atoms with Crippen molar-refractivity contribution in [2.75, 3.05) is 0 Å². The second kappa shape index (κ2) is 6.75. The Morgan fingerprint density at radius 1 is 1.00 bits per heavy atom. The van der Waals surface area contributed by atoms with E-state index in [1.54, 1.807) is 0 Å². The van der Waals surface area contributed by atoms with Crippen molar-refractivity contribution in [2.24, 2.45) is 23.2 Å². The molecule has 0 radical (unpaired) electrons. The molecule has 0 spiro atoms. The van der Waals surface area contributed by atoms with Gasteiger partial charge in [-0.05, 0) is 61.9 Å². The minimum Gasteiger partial charge on any atom is -0.462 e. The molecule has 0 bridgehead atoms. The Bertz CT molecular complexity index is 707. The van der Waals surface area contributed by atoms with Gasteiger partial charge in [-0.1, -0.05) is 12.5 Å². The summed E-state index contributed by atoms with van der Waals surface area (Å²) in [6, 6.07) is 0. The lowest BCUT2D eigenvalue weighted by molar-refractivity contribution is -0.155. The van der Waals surface area contributed by atoms with Crippen molar-refractivity contribution >= 4 is 17.7 Å². The smallest absolute Gasteiger partial charge is 0.302 e. The fourth-order valence-corrected chi connectivity index (χ4v) is 6.65. The first kappa shape index (κ1) is 18.7. The van der Waals surface area contributed by atoms with Gasteiger partial charge in [-0.15, -0.1) is 0 Å². The topological polar surface area (TPSA) is 69.7 Å². The highest BCUT2D eigenvalue weighted by atomic mass is 16.5. The zero-order chi connectivity index (χ0) is 19.3. The average molecular weight is 374 g/mol. The molecule has 0 amide bonds. The van der Waals surface area contributed by atoms with Gasteiger partial charge >= 0.3 is 11.9 Å². The van der Waals surface area contributed by atoms with E-state index in [-0.39, 0.29) is 35.3 Å². The van der Waals surface area contributed by atoms with E-state index in [1.807, 2.05) is 0 Å². The minimum absolute atomic E-state index is 0.000122. The fourth-order valence-electron chi connectivity index (χ4n) is 6.65. The zero-order valence-corrected chi connectivity index (χ0v) is 16.6. The van der Waals surface area contributed by atoms with Crippen LogP contribution in [0, 0.1) is 23.2 Å². The molecule has 148 valence electrons. The lowest BCUT2D eigenvalue weighted by Gasteiger charge is -2.51. The molecule has 0 aromatic heterocycles. The number of esters is 2. The molecule has 27 heavy (non-hydrogen) atoms. The van der Waals surface area contributed by atoms with E-state index in [4.69, 9.17) is 9.47 Å². The van der Waals surface area contributed by atoms with Gasteiger partial charge in [-0.2, -0.15) is 0 Å². The average Bonchev–Trinajstić information content (AvgIpc) is 2.91. The quantitative estimate of drug-likeness (QED) is 0.689. The normalized spacial score (nSPS) is 40.7. The predicted molar refractivity (Wildman–Crippen MR) is 98.7 cm³/mol. The van der Waals surface area contributed by atoms with E-state index >= 15 is 0 Å². The predicted octanol–water partition coefficient (Wildman–Crippen LogP) is 3.75. The molecule has 4 rings (SSSR count). The van der Waals surface area contributed by atoms with E-state index in [9.17, 15) is 14.4 Å². The van der Waals surface area contributed by atoms with Crippen molar-refractivity contribution in [3.63, 3.8) is 0 Å². The monoisotopic (exact) mass is 374 g/mol. The largest absolute Gasteiger partial charge is 0.462 e. The number of carbonyl (C=O) groups is 3. The standard InChI is InChI=1S/C22H30O5/c1-12(23)26-14-4-5-15-16-8-9-22(3)19(6-7-21(22)27-13(2)24)17(16)11-20(25)18(15)10-14/h14,16-17,19,21H,4-11H2,1-3H3/t14-,16+,17+,19-,21-,22-/m0/s1. The van der Waals surface area contributed by atoms with Crippen molar-refractivity contribution in [1.29, 1.82) is 0 Å². The Hall–Kier alpha value is -1.65. The third-order valence-corrected chi connectivity index (χ3v) is 7.75. The Morgan fingerprint density at radius 2 is 1.74 bits per heavy atom. The molecule has 4 aliphatic rings. The first-order valence-electron chi connectivity index (χ1n) is 10.4. The van der Waals surface area contributed by atoms with Crippen LogP contribution in [-0.4, -0.2) is 29.9 Å². The number of rotatable bonds is 2. The summed E-state index contributed by atoms with van der Waals surface area (Å²) < 4.78 is 11.1. The highest BCUT2D eigenvalue weighted by Crippen LogP contribution is 2.61. The molecule has 5 heteroatoms. The molecule has 0 saturated heterocycles. The van der Waals surface area contributed by atoms with Gasteiger partial charge < -0.3 is 9.47 Å². The van der Waals surface area contributed by atoms with Crippen molar-refractivity contribution in [2.45, 2.75) is 84.3 Å². The molecule has 0 aromatic rings. The lowest BCUT2D eigenvalue weighted by atomic mass is 9.54. The van der Waals surface area contributed by atoms with Crippen LogP contribution in [0.15, 0.2) is 11.1 Å². The molecule has 0 aromatic carbocycles. The van der Waals surface area contributed by atoms with Crippen molar-refractivity contribution in [3.05, 3.63) is 11.1 Å². The van der Waals surface area contributed by atoms with Crippen LogP contribution in [0.3, 0.4) is 0 Å². The molecule has 6 atom stereocenters. The number of allylic oxidation sites excluding steroid dienone is 1. The Balaban J connectivity index is 1.57. The Labute approximate surface area is 160 Å². The van der Waals surface area contributed by atoms with Crippen LogP contribution in [0.4, 0.5) is 0 Å². The molecule has 2 fully saturated rings. The molecule has 2 saturated carbocycles. The van der Waals surface area contributed by atoms with Gasteiger partial charge in [-0.3, -0.25) is 14.4 Å². The third-order valence-electron chi connectivity index (χ3n) is 7.75. The van der Waals surface area contributed by atoms with Crippen LogP contribution < -0.4 is 0 Å². The van der Waals surface area contributed by atoms with Crippen LogP contribution in [0.2, 0.25) is 0 Å². The summed E-state index contributed by atoms with van der Waals surface area (Å²) in [4.78, 5) is 35.8. The van der Waals surface area contributed by atoms with Crippen LogP contribution in [-0.2, 0) is 23.9 Å². The van der Waals surface area contributed by atoms with Gasteiger partial charge in [0, 0.05) is 32.1 Å². The van der Waals surface area contributed by atoms with Crippen LogP contribution in [0.25, 0.3) is 0 Å². The summed E-state index contributed by atoms with van der Waals surface area (Å²) in [6.07, 6.45) is 6.82. The molecular weight excluding hydrogens is 344 g/mol. The summed E-state index contributed by atoms with van der Waals surface area (Å²) in [5.41, 5.74) is 2.30. The molecule has 0 unspecified atom stereocenters. The molecule has 4 aliphatic carbocycles. The highest BCUT2D eigenvalue weighted by molar-refractivity contribution is 5.97.